The molecule has 196 valence electrons. The van der Waals surface area contributed by atoms with Gasteiger partial charge in [-0.1, -0.05) is 85.6 Å². The minimum absolute atomic E-state index is 0.171. The molecule has 0 aliphatic heterocycles. The lowest BCUT2D eigenvalue weighted by molar-refractivity contribution is -0.139. The molecule has 0 spiro atoms. The number of carbonyl (C=O) groups is 2. The van der Waals surface area contributed by atoms with Crippen LogP contribution >= 0.6 is 35.0 Å². The first-order valence-corrected chi connectivity index (χ1v) is 14.0. The van der Waals surface area contributed by atoms with Crippen LogP contribution in [0.3, 0.4) is 0 Å². The van der Waals surface area contributed by atoms with Crippen molar-refractivity contribution in [2.24, 2.45) is 5.92 Å². The van der Waals surface area contributed by atoms with Crippen LogP contribution in [0.15, 0.2) is 72.8 Å². The quantitative estimate of drug-likeness (QED) is 0.265. The molecule has 3 aromatic carbocycles. The Bertz CT molecular complexity index is 1180. The van der Waals surface area contributed by atoms with E-state index in [0.29, 0.717) is 28.8 Å². The zero-order valence-corrected chi connectivity index (χ0v) is 23.3. The van der Waals surface area contributed by atoms with Gasteiger partial charge in [0.05, 0.1) is 15.8 Å². The fraction of sp³-hybridized carbons (Fsp3) is 0.310. The van der Waals surface area contributed by atoms with Crippen molar-refractivity contribution in [2.75, 3.05) is 12.3 Å². The predicted octanol–water partition coefficient (Wildman–Crippen LogP) is 6.78. The van der Waals surface area contributed by atoms with Gasteiger partial charge in [0.25, 0.3) is 0 Å². The van der Waals surface area contributed by atoms with Gasteiger partial charge in [0.1, 0.15) is 11.9 Å². The number of nitrogens with one attached hydrogen (secondary N) is 1. The summed E-state index contributed by atoms with van der Waals surface area (Å²) < 4.78 is 13.5. The van der Waals surface area contributed by atoms with Crippen LogP contribution in [0.4, 0.5) is 4.39 Å². The number of benzene rings is 3. The molecule has 0 radical (unpaired) electrons. The normalized spacial score (nSPS) is 11.8. The number of amides is 2. The van der Waals surface area contributed by atoms with E-state index in [4.69, 9.17) is 23.2 Å². The molecule has 8 heteroatoms. The van der Waals surface area contributed by atoms with E-state index in [9.17, 15) is 14.0 Å². The lowest BCUT2D eigenvalue weighted by Gasteiger charge is -2.32. The van der Waals surface area contributed by atoms with E-state index in [2.05, 4.69) is 5.32 Å². The molecule has 0 fully saturated rings. The van der Waals surface area contributed by atoms with Crippen LogP contribution in [0.2, 0.25) is 10.0 Å². The van der Waals surface area contributed by atoms with Crippen molar-refractivity contribution in [3.8, 4) is 0 Å². The maximum atomic E-state index is 13.6. The van der Waals surface area contributed by atoms with E-state index >= 15 is 0 Å². The molecule has 0 bridgehead atoms. The van der Waals surface area contributed by atoms with Gasteiger partial charge in [0, 0.05) is 25.3 Å². The van der Waals surface area contributed by atoms with E-state index in [1.165, 1.54) is 23.9 Å². The fourth-order valence-corrected chi connectivity index (χ4v) is 4.91. The Kier molecular flexibility index (Phi) is 11.3. The summed E-state index contributed by atoms with van der Waals surface area (Å²) in [5.41, 5.74) is 2.65. The second-order valence-corrected chi connectivity index (χ2v) is 11.0. The molecule has 3 aromatic rings. The van der Waals surface area contributed by atoms with E-state index in [0.717, 1.165) is 16.7 Å². The summed E-state index contributed by atoms with van der Waals surface area (Å²) in [6, 6.07) is 20.3. The SMILES string of the molecule is CC(C)CNC(=O)C(Cc1ccccc1)N(Cc1ccc(F)cc1)C(=O)CSCc1ccc(Cl)c(Cl)c1. The molecular weight excluding hydrogens is 530 g/mol. The maximum absolute atomic E-state index is 13.6. The van der Waals surface area contributed by atoms with Gasteiger partial charge in [-0.3, -0.25) is 9.59 Å². The number of halogens is 3. The smallest absolute Gasteiger partial charge is 0.243 e. The van der Waals surface area contributed by atoms with Crippen molar-refractivity contribution in [1.82, 2.24) is 10.2 Å². The largest absolute Gasteiger partial charge is 0.354 e. The van der Waals surface area contributed by atoms with Crippen LogP contribution in [-0.4, -0.2) is 35.1 Å². The molecule has 0 aliphatic rings. The topological polar surface area (TPSA) is 49.4 Å². The Morgan fingerprint density at radius 1 is 0.919 bits per heavy atom. The molecule has 2 amide bonds. The number of carbonyl (C=O) groups excluding carboxylic acids is 2. The highest BCUT2D eigenvalue weighted by Crippen LogP contribution is 2.25. The molecule has 0 aromatic heterocycles. The number of rotatable bonds is 12. The molecule has 0 heterocycles. The van der Waals surface area contributed by atoms with Crippen molar-refractivity contribution in [3.63, 3.8) is 0 Å². The van der Waals surface area contributed by atoms with Crippen molar-refractivity contribution in [1.29, 1.82) is 0 Å². The van der Waals surface area contributed by atoms with E-state index < -0.39 is 6.04 Å². The number of hydrogen-bond donors (Lipinski definition) is 1. The van der Waals surface area contributed by atoms with Crippen LogP contribution in [0.25, 0.3) is 0 Å². The second-order valence-electron chi connectivity index (χ2n) is 9.23. The van der Waals surface area contributed by atoms with E-state index in [1.54, 1.807) is 29.2 Å². The van der Waals surface area contributed by atoms with Crippen molar-refractivity contribution in [2.45, 2.75) is 38.6 Å². The summed E-state index contributed by atoms with van der Waals surface area (Å²) >= 11 is 13.6. The van der Waals surface area contributed by atoms with E-state index in [-0.39, 0.29) is 35.8 Å². The Labute approximate surface area is 232 Å². The zero-order valence-electron chi connectivity index (χ0n) is 20.9. The van der Waals surface area contributed by atoms with Crippen LogP contribution in [0, 0.1) is 11.7 Å². The number of thioether (sulfide) groups is 1. The average Bonchev–Trinajstić information content (AvgIpc) is 2.88. The fourth-order valence-electron chi connectivity index (χ4n) is 3.73. The van der Waals surface area contributed by atoms with Crippen molar-refractivity contribution >= 4 is 46.8 Å². The summed E-state index contributed by atoms with van der Waals surface area (Å²) in [6.07, 6.45) is 0.370. The summed E-state index contributed by atoms with van der Waals surface area (Å²) in [4.78, 5) is 28.6. The Balaban J connectivity index is 1.83. The minimum atomic E-state index is -0.718. The Hall–Kier alpha value is -2.54. The summed E-state index contributed by atoms with van der Waals surface area (Å²) in [5, 5.41) is 3.95. The van der Waals surface area contributed by atoms with Gasteiger partial charge >= 0.3 is 0 Å². The molecule has 3 rings (SSSR count). The Morgan fingerprint density at radius 2 is 1.59 bits per heavy atom. The molecule has 4 nitrogen and oxygen atoms in total. The van der Waals surface area contributed by atoms with Gasteiger partial charge in [0.2, 0.25) is 11.8 Å². The summed E-state index contributed by atoms with van der Waals surface area (Å²) in [5.74, 6) is 0.274. The third kappa shape index (κ3) is 9.37. The van der Waals surface area contributed by atoms with Gasteiger partial charge in [-0.2, -0.15) is 0 Å². The monoisotopic (exact) mass is 560 g/mol. The zero-order chi connectivity index (χ0) is 26.8. The average molecular weight is 562 g/mol. The number of hydrogen-bond acceptors (Lipinski definition) is 3. The van der Waals surface area contributed by atoms with E-state index in [1.807, 2.05) is 50.2 Å². The molecule has 0 aliphatic carbocycles. The summed E-state index contributed by atoms with van der Waals surface area (Å²) in [6.45, 7) is 4.75. The minimum Gasteiger partial charge on any atom is -0.354 e. The third-order valence-corrected chi connectivity index (χ3v) is 7.43. The van der Waals surface area contributed by atoms with Crippen LogP contribution in [0.1, 0.15) is 30.5 Å². The third-order valence-electron chi connectivity index (χ3n) is 5.70. The molecule has 0 saturated carbocycles. The summed E-state index contributed by atoms with van der Waals surface area (Å²) in [7, 11) is 0. The highest BCUT2D eigenvalue weighted by molar-refractivity contribution is 7.99. The molecule has 0 saturated heterocycles. The second kappa shape index (κ2) is 14.4. The molecule has 1 unspecified atom stereocenters. The standard InChI is InChI=1S/C29H31Cl2FN2O2S/c1-20(2)16-33-29(36)27(15-21-6-4-3-5-7-21)34(17-22-8-11-24(32)12-9-22)28(35)19-37-18-23-10-13-25(30)26(31)14-23/h3-14,20,27H,15-19H2,1-2H3,(H,33,36). The first-order chi connectivity index (χ1) is 17.7. The Morgan fingerprint density at radius 3 is 2.24 bits per heavy atom. The van der Waals surface area contributed by atoms with Crippen LogP contribution < -0.4 is 5.32 Å². The molecular formula is C29H31Cl2FN2O2S. The van der Waals surface area contributed by atoms with Crippen molar-refractivity contribution < 1.29 is 14.0 Å². The predicted molar refractivity (Wildman–Crippen MR) is 151 cm³/mol. The highest BCUT2D eigenvalue weighted by atomic mass is 35.5. The van der Waals surface area contributed by atoms with Gasteiger partial charge in [-0.15, -0.1) is 11.8 Å². The first-order valence-electron chi connectivity index (χ1n) is 12.1. The number of nitrogens with zero attached hydrogens (tertiary/aromatic N) is 1. The van der Waals surface area contributed by atoms with Gasteiger partial charge < -0.3 is 10.2 Å². The maximum Gasteiger partial charge on any atom is 0.243 e. The van der Waals surface area contributed by atoms with Gasteiger partial charge in [-0.05, 0) is 46.9 Å². The molecule has 37 heavy (non-hydrogen) atoms. The molecule has 1 N–H and O–H groups in total. The van der Waals surface area contributed by atoms with Crippen LogP contribution in [-0.2, 0) is 28.3 Å². The molecule has 1 atom stereocenters. The van der Waals surface area contributed by atoms with Gasteiger partial charge in [-0.25, -0.2) is 4.39 Å². The van der Waals surface area contributed by atoms with Crippen molar-refractivity contribution in [3.05, 3.63) is 105 Å². The lowest BCUT2D eigenvalue weighted by Crippen LogP contribution is -2.51. The van der Waals surface area contributed by atoms with Crippen LogP contribution in [0.5, 0.6) is 0 Å². The van der Waals surface area contributed by atoms with Gasteiger partial charge in [0.15, 0.2) is 0 Å². The first kappa shape index (κ1) is 29.0. The lowest BCUT2D eigenvalue weighted by atomic mass is 10.0. The highest BCUT2D eigenvalue weighted by Gasteiger charge is 2.30.